The molecule has 0 bridgehead atoms. The third-order valence-corrected chi connectivity index (χ3v) is 3.36. The minimum atomic E-state index is 0.417. The normalized spacial score (nSPS) is 10.3. The molecule has 2 aromatic rings. The lowest BCUT2D eigenvalue weighted by molar-refractivity contribution is 0.210. The fraction of sp³-hybridized carbons (Fsp3) is 0.294. The van der Waals surface area contributed by atoms with E-state index in [0.717, 1.165) is 23.5 Å². The largest absolute Gasteiger partial charge is 0.493 e. The zero-order valence-corrected chi connectivity index (χ0v) is 13.3. The molecule has 0 aliphatic carbocycles. The number of hydrogen-bond donors (Lipinski definition) is 1. The van der Waals surface area contributed by atoms with Crippen LogP contribution in [0.25, 0.3) is 0 Å². The molecule has 0 saturated carbocycles. The van der Waals surface area contributed by atoms with Crippen LogP contribution in [0.5, 0.6) is 17.2 Å². The van der Waals surface area contributed by atoms with Gasteiger partial charge in [-0.2, -0.15) is 0 Å². The molecule has 0 heterocycles. The van der Waals surface area contributed by atoms with Crippen molar-refractivity contribution in [1.29, 1.82) is 0 Å². The summed E-state index contributed by atoms with van der Waals surface area (Å²) >= 11 is 5.83. The van der Waals surface area contributed by atoms with Gasteiger partial charge in [-0.25, -0.2) is 0 Å². The van der Waals surface area contributed by atoms with Crippen LogP contribution in [0, 0.1) is 0 Å². The second-order valence-electron chi connectivity index (χ2n) is 4.64. The highest BCUT2D eigenvalue weighted by Crippen LogP contribution is 2.31. The van der Waals surface area contributed by atoms with Crippen molar-refractivity contribution < 1.29 is 14.2 Å². The van der Waals surface area contributed by atoms with Crippen LogP contribution < -0.4 is 19.9 Å². The van der Waals surface area contributed by atoms with Gasteiger partial charge in [-0.1, -0.05) is 23.7 Å². The quantitative estimate of drug-likeness (QED) is 0.758. The summed E-state index contributed by atoms with van der Waals surface area (Å²) < 4.78 is 16.8. The Kier molecular flexibility index (Phi) is 6.37. The molecule has 22 heavy (non-hydrogen) atoms. The molecular formula is C17H20ClNO3. The van der Waals surface area contributed by atoms with Crippen molar-refractivity contribution in [3.05, 3.63) is 53.1 Å². The maximum Gasteiger partial charge on any atom is 0.164 e. The van der Waals surface area contributed by atoms with Gasteiger partial charge in [-0.05, 0) is 48.9 Å². The highest BCUT2D eigenvalue weighted by atomic mass is 35.5. The van der Waals surface area contributed by atoms with Gasteiger partial charge in [0.15, 0.2) is 11.5 Å². The van der Waals surface area contributed by atoms with E-state index in [1.165, 1.54) is 0 Å². The van der Waals surface area contributed by atoms with Gasteiger partial charge in [-0.3, -0.25) is 0 Å². The average molecular weight is 322 g/mol. The predicted octanol–water partition coefficient (Wildman–Crippen LogP) is 3.31. The molecule has 0 atom stereocenters. The summed E-state index contributed by atoms with van der Waals surface area (Å²) in [6.45, 7) is 1.41. The first-order valence-electron chi connectivity index (χ1n) is 7.11. The molecule has 0 amide bonds. The first kappa shape index (κ1) is 16.5. The molecule has 2 aromatic carbocycles. The molecule has 5 heteroatoms. The Labute approximate surface area is 135 Å². The van der Waals surface area contributed by atoms with Crippen molar-refractivity contribution in [2.45, 2.75) is 6.42 Å². The van der Waals surface area contributed by atoms with Gasteiger partial charge in [0.2, 0.25) is 0 Å². The maximum atomic E-state index is 5.83. The predicted molar refractivity (Wildman–Crippen MR) is 88.2 cm³/mol. The molecule has 0 spiro atoms. The fourth-order valence-corrected chi connectivity index (χ4v) is 2.20. The zero-order valence-electron chi connectivity index (χ0n) is 12.5. The van der Waals surface area contributed by atoms with E-state index in [9.17, 15) is 0 Å². The van der Waals surface area contributed by atoms with Crippen molar-refractivity contribution in [2.24, 2.45) is 5.73 Å². The summed E-state index contributed by atoms with van der Waals surface area (Å²) in [4.78, 5) is 0. The van der Waals surface area contributed by atoms with Crippen molar-refractivity contribution in [1.82, 2.24) is 0 Å². The van der Waals surface area contributed by atoms with Crippen LogP contribution in [-0.4, -0.2) is 26.9 Å². The number of rotatable bonds is 8. The molecule has 0 aliphatic rings. The number of hydrogen-bond acceptors (Lipinski definition) is 4. The van der Waals surface area contributed by atoms with Crippen molar-refractivity contribution in [3.63, 3.8) is 0 Å². The van der Waals surface area contributed by atoms with Gasteiger partial charge >= 0.3 is 0 Å². The van der Waals surface area contributed by atoms with Crippen LogP contribution >= 0.6 is 11.6 Å². The van der Waals surface area contributed by atoms with E-state index in [2.05, 4.69) is 0 Å². The lowest BCUT2D eigenvalue weighted by Crippen LogP contribution is -2.12. The van der Waals surface area contributed by atoms with Crippen molar-refractivity contribution in [2.75, 3.05) is 26.9 Å². The number of nitrogens with two attached hydrogens (primary N) is 1. The molecule has 4 nitrogen and oxygen atoms in total. The van der Waals surface area contributed by atoms with Crippen molar-refractivity contribution >= 4 is 11.6 Å². The van der Waals surface area contributed by atoms with E-state index >= 15 is 0 Å². The van der Waals surface area contributed by atoms with Gasteiger partial charge in [0.25, 0.3) is 0 Å². The summed E-state index contributed by atoms with van der Waals surface area (Å²) in [6.07, 6.45) is 0.741. The Morgan fingerprint density at radius 1 is 1.00 bits per heavy atom. The minimum absolute atomic E-state index is 0.417. The van der Waals surface area contributed by atoms with E-state index in [0.29, 0.717) is 30.5 Å². The Morgan fingerprint density at radius 3 is 2.41 bits per heavy atom. The summed E-state index contributed by atoms with van der Waals surface area (Å²) in [5.41, 5.74) is 6.67. The molecule has 0 unspecified atom stereocenters. The number of ether oxygens (including phenoxy) is 3. The second-order valence-corrected chi connectivity index (χ2v) is 5.07. The van der Waals surface area contributed by atoms with E-state index in [1.807, 2.05) is 30.3 Å². The lowest BCUT2D eigenvalue weighted by Gasteiger charge is -2.15. The minimum Gasteiger partial charge on any atom is -0.493 e. The van der Waals surface area contributed by atoms with Crippen molar-refractivity contribution in [3.8, 4) is 17.2 Å². The number of methoxy groups -OCH3 is 1. The molecule has 118 valence electrons. The Hall–Kier alpha value is -1.91. The van der Waals surface area contributed by atoms with E-state index < -0.39 is 0 Å². The summed E-state index contributed by atoms with van der Waals surface area (Å²) in [7, 11) is 1.62. The first-order valence-corrected chi connectivity index (χ1v) is 7.49. The molecule has 0 saturated heterocycles. The van der Waals surface area contributed by atoms with Crippen LogP contribution in [0.15, 0.2) is 42.5 Å². The number of para-hydroxylation sites is 1. The Morgan fingerprint density at radius 2 is 1.73 bits per heavy atom. The molecule has 0 radical (unpaired) electrons. The van der Waals surface area contributed by atoms with Gasteiger partial charge in [-0.15, -0.1) is 0 Å². The van der Waals surface area contributed by atoms with Gasteiger partial charge in [0.1, 0.15) is 19.0 Å². The van der Waals surface area contributed by atoms with Crippen LogP contribution in [0.4, 0.5) is 0 Å². The lowest BCUT2D eigenvalue weighted by atomic mass is 10.1. The molecular weight excluding hydrogens is 302 g/mol. The van der Waals surface area contributed by atoms with E-state index in [-0.39, 0.29) is 0 Å². The molecule has 2 N–H and O–H groups in total. The van der Waals surface area contributed by atoms with Crippen LogP contribution in [-0.2, 0) is 6.42 Å². The highest BCUT2D eigenvalue weighted by molar-refractivity contribution is 6.30. The van der Waals surface area contributed by atoms with E-state index in [1.54, 1.807) is 19.2 Å². The highest BCUT2D eigenvalue weighted by Gasteiger charge is 2.10. The number of halogens is 1. The third-order valence-electron chi connectivity index (χ3n) is 3.11. The van der Waals surface area contributed by atoms with Gasteiger partial charge in [0.05, 0.1) is 7.11 Å². The van der Waals surface area contributed by atoms with Crippen LogP contribution in [0.1, 0.15) is 5.56 Å². The second kappa shape index (κ2) is 8.51. The van der Waals surface area contributed by atoms with Crippen LogP contribution in [0.2, 0.25) is 5.02 Å². The van der Waals surface area contributed by atoms with Crippen LogP contribution in [0.3, 0.4) is 0 Å². The van der Waals surface area contributed by atoms with Gasteiger partial charge in [0, 0.05) is 5.02 Å². The Bertz CT molecular complexity index is 587. The standard InChI is InChI=1S/C17H20ClNO3/c1-20-16-4-2-3-13(9-10-19)17(16)22-12-11-21-15-7-5-14(18)6-8-15/h2-8H,9-12,19H2,1H3. The number of benzene rings is 2. The maximum absolute atomic E-state index is 5.83. The summed E-state index contributed by atoms with van der Waals surface area (Å²) in [5, 5.41) is 0.684. The fourth-order valence-electron chi connectivity index (χ4n) is 2.07. The smallest absolute Gasteiger partial charge is 0.164 e. The Balaban J connectivity index is 1.91. The average Bonchev–Trinajstić information content (AvgIpc) is 2.54. The monoisotopic (exact) mass is 321 g/mol. The molecule has 0 aromatic heterocycles. The first-order chi connectivity index (χ1) is 10.7. The molecule has 2 rings (SSSR count). The molecule has 0 fully saturated rings. The topological polar surface area (TPSA) is 53.7 Å². The molecule has 0 aliphatic heterocycles. The van der Waals surface area contributed by atoms with E-state index in [4.69, 9.17) is 31.5 Å². The SMILES string of the molecule is COc1cccc(CCN)c1OCCOc1ccc(Cl)cc1. The van der Waals surface area contributed by atoms with Gasteiger partial charge < -0.3 is 19.9 Å². The zero-order chi connectivity index (χ0) is 15.8. The summed E-state index contributed by atoms with van der Waals surface area (Å²) in [6, 6.07) is 13.0. The third kappa shape index (κ3) is 4.55. The summed E-state index contributed by atoms with van der Waals surface area (Å²) in [5.74, 6) is 2.20.